The van der Waals surface area contributed by atoms with Gasteiger partial charge in [-0.25, -0.2) is 4.79 Å². The second-order valence-corrected chi connectivity index (χ2v) is 3.74. The molecule has 1 aromatic rings. The first-order valence-corrected chi connectivity index (χ1v) is 5.52. The highest BCUT2D eigenvalue weighted by Crippen LogP contribution is 2.17. The number of amides is 1. The average molecular weight is 238 g/mol. The molecule has 0 aliphatic carbocycles. The van der Waals surface area contributed by atoms with E-state index in [1.54, 1.807) is 38.1 Å². The molecular weight excluding hydrogens is 220 g/mol. The quantitative estimate of drug-likeness (QED) is 0.822. The van der Waals surface area contributed by atoms with Crippen LogP contribution in [0.1, 0.15) is 13.8 Å². The fraction of sp³-hybridized carbons (Fsp3) is 0.417. The smallest absolute Gasteiger partial charge is 0.411 e. The van der Waals surface area contributed by atoms with Gasteiger partial charge in [-0.2, -0.15) is 0 Å². The molecule has 5 nitrogen and oxygen atoms in total. The lowest BCUT2D eigenvalue weighted by molar-refractivity contribution is 0.130. The van der Waals surface area contributed by atoms with E-state index in [1.165, 1.54) is 0 Å². The molecule has 0 radical (unpaired) electrons. The van der Waals surface area contributed by atoms with Crippen molar-refractivity contribution in [3.63, 3.8) is 0 Å². The monoisotopic (exact) mass is 238 g/mol. The predicted octanol–water partition coefficient (Wildman–Crippen LogP) is 1.98. The van der Waals surface area contributed by atoms with Crippen LogP contribution in [-0.2, 0) is 4.74 Å². The highest BCUT2D eigenvalue weighted by molar-refractivity contribution is 5.84. The summed E-state index contributed by atoms with van der Waals surface area (Å²) >= 11 is 0. The third-order valence-electron chi connectivity index (χ3n) is 1.81. The van der Waals surface area contributed by atoms with Crippen LogP contribution in [0.15, 0.2) is 24.3 Å². The maximum absolute atomic E-state index is 11.4. The van der Waals surface area contributed by atoms with Crippen molar-refractivity contribution in [3.8, 4) is 5.75 Å². The maximum Gasteiger partial charge on any atom is 0.411 e. The summed E-state index contributed by atoms with van der Waals surface area (Å²) in [4.78, 5) is 11.4. The van der Waals surface area contributed by atoms with E-state index in [9.17, 15) is 4.79 Å². The van der Waals surface area contributed by atoms with Crippen LogP contribution in [0.2, 0.25) is 0 Å². The number of nitrogens with one attached hydrogen (secondary N) is 1. The van der Waals surface area contributed by atoms with Crippen molar-refractivity contribution in [2.45, 2.75) is 20.0 Å². The van der Waals surface area contributed by atoms with Gasteiger partial charge in [0.25, 0.3) is 0 Å². The highest BCUT2D eigenvalue weighted by Gasteiger charge is 2.05. The molecule has 0 unspecified atom stereocenters. The Hall–Kier alpha value is -1.75. The van der Waals surface area contributed by atoms with Crippen LogP contribution >= 0.6 is 0 Å². The van der Waals surface area contributed by atoms with Crippen molar-refractivity contribution in [1.82, 2.24) is 0 Å². The van der Waals surface area contributed by atoms with Crippen molar-refractivity contribution in [1.29, 1.82) is 0 Å². The minimum Gasteiger partial charge on any atom is -0.492 e. The number of nitrogens with two attached hydrogens (primary N) is 1. The molecule has 0 saturated carbocycles. The molecule has 0 bridgehead atoms. The van der Waals surface area contributed by atoms with E-state index in [-0.39, 0.29) is 6.10 Å². The Morgan fingerprint density at radius 2 is 2.24 bits per heavy atom. The van der Waals surface area contributed by atoms with E-state index in [1.807, 2.05) is 0 Å². The Morgan fingerprint density at radius 1 is 1.47 bits per heavy atom. The van der Waals surface area contributed by atoms with E-state index in [0.717, 1.165) is 0 Å². The summed E-state index contributed by atoms with van der Waals surface area (Å²) < 4.78 is 10.3. The van der Waals surface area contributed by atoms with Gasteiger partial charge in [0.15, 0.2) is 0 Å². The Morgan fingerprint density at radius 3 is 2.88 bits per heavy atom. The highest BCUT2D eigenvalue weighted by atomic mass is 16.6. The third-order valence-corrected chi connectivity index (χ3v) is 1.81. The zero-order valence-electron chi connectivity index (χ0n) is 10.1. The van der Waals surface area contributed by atoms with Gasteiger partial charge in [-0.3, -0.25) is 5.32 Å². The molecule has 0 heterocycles. The molecule has 0 aliphatic heterocycles. The van der Waals surface area contributed by atoms with Crippen LogP contribution in [0.3, 0.4) is 0 Å². The Balaban J connectivity index is 2.56. The zero-order chi connectivity index (χ0) is 12.7. The topological polar surface area (TPSA) is 73.6 Å². The van der Waals surface area contributed by atoms with Gasteiger partial charge in [0.1, 0.15) is 12.4 Å². The average Bonchev–Trinajstić information content (AvgIpc) is 2.25. The molecule has 5 heteroatoms. The SMILES string of the molecule is CC(C)OC(=O)Nc1cccc(OCCN)c1. The number of anilines is 1. The van der Waals surface area contributed by atoms with Crippen molar-refractivity contribution >= 4 is 11.8 Å². The summed E-state index contributed by atoms with van der Waals surface area (Å²) in [5.74, 6) is 0.665. The van der Waals surface area contributed by atoms with Crippen LogP contribution in [-0.4, -0.2) is 25.3 Å². The minimum atomic E-state index is -0.476. The van der Waals surface area contributed by atoms with Gasteiger partial charge in [0, 0.05) is 18.3 Å². The normalized spacial score (nSPS) is 10.1. The maximum atomic E-state index is 11.4. The first-order valence-electron chi connectivity index (χ1n) is 5.52. The van der Waals surface area contributed by atoms with Crippen LogP contribution in [0.25, 0.3) is 0 Å². The molecule has 0 fully saturated rings. The van der Waals surface area contributed by atoms with Crippen molar-refractivity contribution < 1.29 is 14.3 Å². The van der Waals surface area contributed by atoms with Gasteiger partial charge < -0.3 is 15.2 Å². The van der Waals surface area contributed by atoms with E-state index < -0.39 is 6.09 Å². The minimum absolute atomic E-state index is 0.147. The molecule has 0 saturated heterocycles. The summed E-state index contributed by atoms with van der Waals surface area (Å²) in [5, 5.41) is 2.62. The first-order chi connectivity index (χ1) is 8.11. The zero-order valence-corrected chi connectivity index (χ0v) is 10.1. The molecule has 0 aliphatic rings. The van der Waals surface area contributed by atoms with Gasteiger partial charge in [-0.1, -0.05) is 6.07 Å². The fourth-order valence-corrected chi connectivity index (χ4v) is 1.20. The summed E-state index contributed by atoms with van der Waals surface area (Å²) in [6.07, 6.45) is -0.623. The van der Waals surface area contributed by atoms with Crippen LogP contribution in [0.5, 0.6) is 5.75 Å². The van der Waals surface area contributed by atoms with Crippen molar-refractivity contribution in [3.05, 3.63) is 24.3 Å². The first kappa shape index (κ1) is 13.3. The summed E-state index contributed by atoms with van der Waals surface area (Å²) in [5.41, 5.74) is 5.97. The van der Waals surface area contributed by atoms with Gasteiger partial charge in [0.05, 0.1) is 6.10 Å². The molecule has 94 valence electrons. The molecule has 3 N–H and O–H groups in total. The summed E-state index contributed by atoms with van der Waals surface area (Å²) in [7, 11) is 0. The number of benzene rings is 1. The van der Waals surface area contributed by atoms with Gasteiger partial charge in [0.2, 0.25) is 0 Å². The fourth-order valence-electron chi connectivity index (χ4n) is 1.20. The number of hydrogen-bond acceptors (Lipinski definition) is 4. The lowest BCUT2D eigenvalue weighted by Crippen LogP contribution is -2.18. The standard InChI is InChI=1S/C12H18N2O3/c1-9(2)17-12(15)14-10-4-3-5-11(8-10)16-7-6-13/h3-5,8-9H,6-7,13H2,1-2H3,(H,14,15). The van der Waals surface area contributed by atoms with Gasteiger partial charge in [-0.05, 0) is 26.0 Å². The van der Waals surface area contributed by atoms with E-state index in [4.69, 9.17) is 15.2 Å². The van der Waals surface area contributed by atoms with Crippen molar-refractivity contribution in [2.24, 2.45) is 5.73 Å². The Kier molecular flexibility index (Phi) is 5.29. The van der Waals surface area contributed by atoms with E-state index >= 15 is 0 Å². The number of carbonyl (C=O) groups is 1. The molecular formula is C12H18N2O3. The Labute approximate surface area is 101 Å². The number of ether oxygens (including phenoxy) is 2. The molecule has 0 atom stereocenters. The second-order valence-electron chi connectivity index (χ2n) is 3.74. The molecule has 0 spiro atoms. The molecule has 0 aromatic heterocycles. The molecule has 17 heavy (non-hydrogen) atoms. The number of rotatable bonds is 5. The van der Waals surface area contributed by atoms with Gasteiger partial charge >= 0.3 is 6.09 Å². The molecule has 1 amide bonds. The van der Waals surface area contributed by atoms with Gasteiger partial charge in [-0.15, -0.1) is 0 Å². The third kappa shape index (κ3) is 5.21. The summed E-state index contributed by atoms with van der Waals surface area (Å²) in [6, 6.07) is 7.07. The van der Waals surface area contributed by atoms with Crippen LogP contribution in [0, 0.1) is 0 Å². The lowest BCUT2D eigenvalue weighted by atomic mass is 10.3. The predicted molar refractivity (Wildman–Crippen MR) is 66.2 cm³/mol. The van der Waals surface area contributed by atoms with Crippen LogP contribution in [0.4, 0.5) is 10.5 Å². The molecule has 1 rings (SSSR count). The molecule has 1 aromatic carbocycles. The number of carbonyl (C=O) groups excluding carboxylic acids is 1. The summed E-state index contributed by atoms with van der Waals surface area (Å²) in [6.45, 7) is 4.48. The second kappa shape index (κ2) is 6.75. The Bertz CT molecular complexity index is 367. The number of hydrogen-bond donors (Lipinski definition) is 2. The van der Waals surface area contributed by atoms with Crippen molar-refractivity contribution in [2.75, 3.05) is 18.5 Å². The van der Waals surface area contributed by atoms with E-state index in [2.05, 4.69) is 5.32 Å². The lowest BCUT2D eigenvalue weighted by Gasteiger charge is -2.10. The van der Waals surface area contributed by atoms with Crippen LogP contribution < -0.4 is 15.8 Å². The van der Waals surface area contributed by atoms with E-state index in [0.29, 0.717) is 24.6 Å². The largest absolute Gasteiger partial charge is 0.492 e.